The smallest absolute Gasteiger partial charge is 0.0205 e. The molecule has 0 unspecified atom stereocenters. The summed E-state index contributed by atoms with van der Waals surface area (Å²) in [5.74, 6) is 0. The SMILES string of the molecule is ICCCCCCNCc1ccccc1. The van der Waals surface area contributed by atoms with Crippen molar-refractivity contribution in [3.63, 3.8) is 0 Å². The van der Waals surface area contributed by atoms with E-state index in [0.717, 1.165) is 13.1 Å². The molecule has 0 spiro atoms. The Morgan fingerprint density at radius 3 is 2.40 bits per heavy atom. The summed E-state index contributed by atoms with van der Waals surface area (Å²) in [7, 11) is 0. The molecule has 15 heavy (non-hydrogen) atoms. The fourth-order valence-electron chi connectivity index (χ4n) is 1.53. The zero-order valence-electron chi connectivity index (χ0n) is 9.21. The molecule has 1 rings (SSSR count). The molecule has 1 nitrogen and oxygen atoms in total. The minimum absolute atomic E-state index is 1.01. The third kappa shape index (κ3) is 6.90. The second-order valence-electron chi connectivity index (χ2n) is 3.77. The third-order valence-electron chi connectivity index (χ3n) is 2.41. The van der Waals surface area contributed by atoms with Gasteiger partial charge < -0.3 is 5.32 Å². The van der Waals surface area contributed by atoms with Crippen molar-refractivity contribution in [3.8, 4) is 0 Å². The molecule has 0 radical (unpaired) electrons. The summed E-state index contributed by atoms with van der Waals surface area (Å²) >= 11 is 2.45. The van der Waals surface area contributed by atoms with E-state index >= 15 is 0 Å². The van der Waals surface area contributed by atoms with Crippen LogP contribution in [-0.2, 0) is 6.54 Å². The van der Waals surface area contributed by atoms with Gasteiger partial charge >= 0.3 is 0 Å². The number of alkyl halides is 1. The van der Waals surface area contributed by atoms with Crippen LogP contribution in [0, 0.1) is 0 Å². The molecule has 84 valence electrons. The van der Waals surface area contributed by atoms with Gasteiger partial charge in [-0.1, -0.05) is 65.8 Å². The average molecular weight is 317 g/mol. The van der Waals surface area contributed by atoms with Gasteiger partial charge in [-0.25, -0.2) is 0 Å². The molecular weight excluding hydrogens is 297 g/mol. The van der Waals surface area contributed by atoms with Gasteiger partial charge in [-0.15, -0.1) is 0 Å². The van der Waals surface area contributed by atoms with Crippen molar-refractivity contribution in [1.29, 1.82) is 0 Å². The minimum atomic E-state index is 1.01. The first-order chi connectivity index (χ1) is 7.43. The molecule has 1 aromatic carbocycles. The first-order valence-corrected chi connectivity index (χ1v) is 7.26. The Labute approximate surface area is 107 Å². The van der Waals surface area contributed by atoms with E-state index in [-0.39, 0.29) is 0 Å². The Morgan fingerprint density at radius 2 is 1.67 bits per heavy atom. The highest BCUT2D eigenvalue weighted by Gasteiger charge is 1.91. The van der Waals surface area contributed by atoms with E-state index < -0.39 is 0 Å². The zero-order chi connectivity index (χ0) is 10.8. The van der Waals surface area contributed by atoms with Gasteiger partial charge in [0.2, 0.25) is 0 Å². The van der Waals surface area contributed by atoms with Crippen LogP contribution in [0.15, 0.2) is 30.3 Å². The highest BCUT2D eigenvalue weighted by atomic mass is 127. The van der Waals surface area contributed by atoms with Crippen LogP contribution in [0.1, 0.15) is 31.2 Å². The molecule has 0 bridgehead atoms. The first kappa shape index (κ1) is 13.0. The molecular formula is C13H20IN. The van der Waals surface area contributed by atoms with Crippen molar-refractivity contribution >= 4 is 22.6 Å². The predicted octanol–water partition coefficient (Wildman–Crippen LogP) is 3.77. The molecule has 0 atom stereocenters. The third-order valence-corrected chi connectivity index (χ3v) is 3.17. The van der Waals surface area contributed by atoms with E-state index in [2.05, 4.69) is 58.2 Å². The molecule has 0 saturated heterocycles. The van der Waals surface area contributed by atoms with Gasteiger partial charge in [-0.2, -0.15) is 0 Å². The molecule has 0 amide bonds. The molecule has 1 N–H and O–H groups in total. The number of hydrogen-bond acceptors (Lipinski definition) is 1. The molecule has 0 aliphatic rings. The second kappa shape index (κ2) is 9.16. The van der Waals surface area contributed by atoms with Gasteiger partial charge in [0.05, 0.1) is 0 Å². The van der Waals surface area contributed by atoms with Gasteiger partial charge in [0, 0.05) is 6.54 Å². The molecule has 0 fully saturated rings. The van der Waals surface area contributed by atoms with Gasteiger partial charge in [-0.3, -0.25) is 0 Å². The lowest BCUT2D eigenvalue weighted by molar-refractivity contribution is 0.600. The largest absolute Gasteiger partial charge is 0.313 e. The molecule has 0 heterocycles. The van der Waals surface area contributed by atoms with E-state index in [1.165, 1.54) is 35.7 Å². The summed E-state index contributed by atoms with van der Waals surface area (Å²) in [5, 5.41) is 3.48. The summed E-state index contributed by atoms with van der Waals surface area (Å²) in [6.07, 6.45) is 5.43. The topological polar surface area (TPSA) is 12.0 Å². The maximum atomic E-state index is 3.48. The normalized spacial score (nSPS) is 10.5. The van der Waals surface area contributed by atoms with Crippen LogP contribution in [0.2, 0.25) is 0 Å². The van der Waals surface area contributed by atoms with E-state index in [1.54, 1.807) is 0 Å². The fourth-order valence-corrected chi connectivity index (χ4v) is 2.07. The van der Waals surface area contributed by atoms with Crippen molar-refractivity contribution < 1.29 is 0 Å². The highest BCUT2D eigenvalue weighted by Crippen LogP contribution is 2.02. The first-order valence-electron chi connectivity index (χ1n) is 5.74. The molecule has 0 saturated carbocycles. The Morgan fingerprint density at radius 1 is 0.933 bits per heavy atom. The quantitative estimate of drug-likeness (QED) is 0.437. The van der Waals surface area contributed by atoms with Crippen LogP contribution in [0.25, 0.3) is 0 Å². The number of benzene rings is 1. The van der Waals surface area contributed by atoms with E-state index in [0.29, 0.717) is 0 Å². The lowest BCUT2D eigenvalue weighted by Gasteiger charge is -2.04. The van der Waals surface area contributed by atoms with Gasteiger partial charge in [-0.05, 0) is 29.4 Å². The van der Waals surface area contributed by atoms with Crippen LogP contribution < -0.4 is 5.32 Å². The molecule has 0 aliphatic heterocycles. The summed E-state index contributed by atoms with van der Waals surface area (Å²) in [6.45, 7) is 2.16. The lowest BCUT2D eigenvalue weighted by Crippen LogP contribution is -2.14. The zero-order valence-corrected chi connectivity index (χ0v) is 11.4. The minimum Gasteiger partial charge on any atom is -0.313 e. The number of rotatable bonds is 8. The van der Waals surface area contributed by atoms with E-state index in [1.807, 2.05) is 0 Å². The summed E-state index contributed by atoms with van der Waals surface area (Å²) in [5.41, 5.74) is 1.38. The Bertz CT molecular complexity index is 236. The predicted molar refractivity (Wildman–Crippen MR) is 75.5 cm³/mol. The second-order valence-corrected chi connectivity index (χ2v) is 4.84. The van der Waals surface area contributed by atoms with Crippen LogP contribution >= 0.6 is 22.6 Å². The molecule has 0 aromatic heterocycles. The fraction of sp³-hybridized carbons (Fsp3) is 0.538. The van der Waals surface area contributed by atoms with Crippen molar-refractivity contribution in [1.82, 2.24) is 5.32 Å². The van der Waals surface area contributed by atoms with Crippen molar-refractivity contribution in [2.45, 2.75) is 32.2 Å². The molecule has 0 aliphatic carbocycles. The highest BCUT2D eigenvalue weighted by molar-refractivity contribution is 14.1. The molecule has 2 heteroatoms. The summed E-state index contributed by atoms with van der Waals surface area (Å²) in [4.78, 5) is 0. The monoisotopic (exact) mass is 317 g/mol. The van der Waals surface area contributed by atoms with Gasteiger partial charge in [0.15, 0.2) is 0 Å². The maximum Gasteiger partial charge on any atom is 0.0205 e. The van der Waals surface area contributed by atoms with Crippen LogP contribution in [0.5, 0.6) is 0 Å². The van der Waals surface area contributed by atoms with Crippen molar-refractivity contribution in [2.75, 3.05) is 11.0 Å². The maximum absolute atomic E-state index is 3.48. The van der Waals surface area contributed by atoms with Crippen molar-refractivity contribution in [2.24, 2.45) is 0 Å². The average Bonchev–Trinajstić information content (AvgIpc) is 2.29. The van der Waals surface area contributed by atoms with E-state index in [9.17, 15) is 0 Å². The van der Waals surface area contributed by atoms with E-state index in [4.69, 9.17) is 0 Å². The number of hydrogen-bond donors (Lipinski definition) is 1. The lowest BCUT2D eigenvalue weighted by atomic mass is 10.2. The van der Waals surface area contributed by atoms with Crippen molar-refractivity contribution in [3.05, 3.63) is 35.9 Å². The number of unbranched alkanes of at least 4 members (excludes halogenated alkanes) is 3. The number of nitrogens with one attached hydrogen (secondary N) is 1. The van der Waals surface area contributed by atoms with Gasteiger partial charge in [0.25, 0.3) is 0 Å². The Hall–Kier alpha value is -0.0900. The number of halogens is 1. The Kier molecular flexibility index (Phi) is 7.92. The van der Waals surface area contributed by atoms with Gasteiger partial charge in [0.1, 0.15) is 0 Å². The molecule has 1 aromatic rings. The van der Waals surface area contributed by atoms with Crippen LogP contribution in [0.4, 0.5) is 0 Å². The summed E-state index contributed by atoms with van der Waals surface area (Å²) < 4.78 is 1.30. The van der Waals surface area contributed by atoms with Crippen LogP contribution in [-0.4, -0.2) is 11.0 Å². The van der Waals surface area contributed by atoms with Crippen LogP contribution in [0.3, 0.4) is 0 Å². The standard InChI is InChI=1S/C13H20IN/c14-10-6-1-2-7-11-15-12-13-8-4-3-5-9-13/h3-5,8-9,15H,1-2,6-7,10-12H2. The summed E-state index contributed by atoms with van der Waals surface area (Å²) in [6, 6.07) is 10.6. The Balaban J connectivity index is 1.93.